The van der Waals surface area contributed by atoms with Gasteiger partial charge >= 0.3 is 200 Å². The van der Waals surface area contributed by atoms with Gasteiger partial charge in [0.1, 0.15) is 0 Å². The Labute approximate surface area is 199 Å². The number of hydrogen-bond donors (Lipinski definition) is 1. The number of allylic oxidation sites excluding steroid dienone is 3. The molecule has 12 heteroatoms. The fourth-order valence-electron chi connectivity index (χ4n) is 3.84. The van der Waals surface area contributed by atoms with Crippen LogP contribution in [0.4, 0.5) is 32.2 Å². The van der Waals surface area contributed by atoms with Crippen LogP contribution in [0.3, 0.4) is 0 Å². The van der Waals surface area contributed by atoms with Crippen LogP contribution in [0.5, 0.6) is 0 Å². The molecule has 0 radical (unpaired) electrons. The molecule has 34 heavy (non-hydrogen) atoms. The molecule has 2 aromatic rings. The summed E-state index contributed by atoms with van der Waals surface area (Å²) in [5, 5.41) is 3.10. The standard InChI is InChI=1S/C22H19AsF6N4O/c1-34-11-13-9-16(23)14-5-6-17(19-15(22(27,28)29)3-2-8-30-19)32-20(14)33(13)18-7-4-12(10-31-18)21(24,25)26/h2-10,16,20,32H,11,23H2,1H3. The van der Waals surface area contributed by atoms with Crippen molar-refractivity contribution in [2.75, 3.05) is 18.6 Å². The summed E-state index contributed by atoms with van der Waals surface area (Å²) in [5.41, 5.74) is -0.487. The molecule has 3 atom stereocenters. The average Bonchev–Trinajstić information content (AvgIpc) is 2.78. The summed E-state index contributed by atoms with van der Waals surface area (Å²) in [7, 11) is 1.48. The first-order valence-corrected chi connectivity index (χ1v) is 11.4. The van der Waals surface area contributed by atoms with Gasteiger partial charge in [0.15, 0.2) is 0 Å². The summed E-state index contributed by atoms with van der Waals surface area (Å²) < 4.78 is 85.1. The van der Waals surface area contributed by atoms with Crippen molar-refractivity contribution >= 4 is 28.4 Å². The number of pyridine rings is 2. The molecule has 3 unspecified atom stereocenters. The van der Waals surface area contributed by atoms with E-state index in [4.69, 9.17) is 4.74 Å². The number of hydrogen-bond acceptors (Lipinski definition) is 5. The molecule has 4 heterocycles. The van der Waals surface area contributed by atoms with E-state index in [2.05, 4.69) is 15.3 Å². The minimum atomic E-state index is -4.62. The molecule has 1 N–H and O–H groups in total. The first-order valence-electron chi connectivity index (χ1n) is 9.99. The summed E-state index contributed by atoms with van der Waals surface area (Å²) in [4.78, 5) is 9.58. The second kappa shape index (κ2) is 9.11. The van der Waals surface area contributed by atoms with Crippen LogP contribution in [0.25, 0.3) is 5.70 Å². The number of dihydropyridines is 1. The van der Waals surface area contributed by atoms with Gasteiger partial charge in [0.05, 0.1) is 0 Å². The fraction of sp³-hybridized carbons (Fsp3) is 0.273. The number of ether oxygens (including phenoxy) is 1. The Morgan fingerprint density at radius 1 is 1.06 bits per heavy atom. The fourth-order valence-corrected chi connectivity index (χ4v) is 4.92. The van der Waals surface area contributed by atoms with Crippen molar-refractivity contribution in [1.82, 2.24) is 15.3 Å². The van der Waals surface area contributed by atoms with Crippen molar-refractivity contribution < 1.29 is 31.1 Å². The number of methoxy groups -OCH3 is 1. The monoisotopic (exact) mass is 544 g/mol. The molecule has 180 valence electrons. The summed E-state index contributed by atoms with van der Waals surface area (Å²) in [5.74, 6) is 0.192. The van der Waals surface area contributed by atoms with E-state index in [9.17, 15) is 26.3 Å². The van der Waals surface area contributed by atoms with E-state index >= 15 is 0 Å². The molecule has 2 aliphatic rings. The maximum atomic E-state index is 13.6. The number of alkyl halides is 6. The van der Waals surface area contributed by atoms with Gasteiger partial charge in [-0.1, -0.05) is 0 Å². The number of rotatable bonds is 4. The molecule has 0 bridgehead atoms. The van der Waals surface area contributed by atoms with E-state index in [1.807, 2.05) is 6.08 Å². The Hall–Kier alpha value is -2.78. The van der Waals surface area contributed by atoms with E-state index in [1.165, 1.54) is 48.4 Å². The number of halogens is 6. The second-order valence-electron chi connectivity index (χ2n) is 7.58. The van der Waals surface area contributed by atoms with Gasteiger partial charge in [-0.05, 0) is 0 Å². The van der Waals surface area contributed by atoms with Gasteiger partial charge < -0.3 is 0 Å². The number of aromatic nitrogens is 2. The molecule has 0 saturated heterocycles. The topological polar surface area (TPSA) is 50.3 Å². The predicted molar refractivity (Wildman–Crippen MR) is 116 cm³/mol. The Kier molecular flexibility index (Phi) is 6.52. The van der Waals surface area contributed by atoms with Gasteiger partial charge in [-0.3, -0.25) is 0 Å². The third-order valence-corrected chi connectivity index (χ3v) is 6.57. The van der Waals surface area contributed by atoms with Crippen LogP contribution in [-0.4, -0.2) is 46.7 Å². The molecule has 0 saturated carbocycles. The van der Waals surface area contributed by atoms with Gasteiger partial charge in [0.2, 0.25) is 0 Å². The Bertz CT molecular complexity index is 1160. The van der Waals surface area contributed by atoms with Crippen LogP contribution in [0, 0.1) is 0 Å². The van der Waals surface area contributed by atoms with Gasteiger partial charge in [-0.25, -0.2) is 0 Å². The molecule has 0 fully saturated rings. The molecule has 0 spiro atoms. The van der Waals surface area contributed by atoms with Gasteiger partial charge in [-0.15, -0.1) is 0 Å². The Morgan fingerprint density at radius 2 is 1.82 bits per heavy atom. The first kappa shape index (κ1) is 24.3. The number of nitrogens with one attached hydrogen (secondary N) is 1. The normalized spacial score (nSPS) is 20.7. The van der Waals surface area contributed by atoms with E-state index in [1.54, 1.807) is 11.0 Å². The van der Waals surface area contributed by atoms with E-state index in [0.29, 0.717) is 5.70 Å². The number of anilines is 1. The van der Waals surface area contributed by atoms with Crippen LogP contribution in [-0.2, 0) is 17.1 Å². The molecule has 5 nitrogen and oxygen atoms in total. The zero-order valence-corrected chi connectivity index (χ0v) is 20.1. The van der Waals surface area contributed by atoms with Crippen molar-refractivity contribution in [3.63, 3.8) is 0 Å². The molecule has 2 aromatic heterocycles. The SMILES string of the molecule is COCC1=CC([AsH2])C2=CC=C(c3ncccc3C(F)(F)F)NC2N1c1ccc(C(F)(F)F)cn1. The van der Waals surface area contributed by atoms with Crippen molar-refractivity contribution in [2.24, 2.45) is 0 Å². The molecular formula is C22H19AsF6N4O. The van der Waals surface area contributed by atoms with Crippen LogP contribution < -0.4 is 10.2 Å². The summed E-state index contributed by atoms with van der Waals surface area (Å²) in [6.45, 7) is 0.130. The van der Waals surface area contributed by atoms with Crippen LogP contribution >= 0.6 is 0 Å². The third-order valence-electron chi connectivity index (χ3n) is 5.36. The second-order valence-corrected chi connectivity index (χ2v) is 9.09. The first-order chi connectivity index (χ1) is 16.0. The minimum absolute atomic E-state index is 0.0514. The average molecular weight is 544 g/mol. The zero-order chi connectivity index (χ0) is 24.7. The van der Waals surface area contributed by atoms with Gasteiger partial charge in [0, 0.05) is 0 Å². The van der Waals surface area contributed by atoms with Gasteiger partial charge in [-0.2, -0.15) is 0 Å². The Morgan fingerprint density at radius 3 is 2.44 bits per heavy atom. The van der Waals surface area contributed by atoms with E-state index < -0.39 is 29.6 Å². The molecule has 0 aromatic carbocycles. The van der Waals surface area contributed by atoms with Crippen molar-refractivity contribution in [1.29, 1.82) is 0 Å². The molecule has 0 aliphatic carbocycles. The Balaban J connectivity index is 1.77. The third kappa shape index (κ3) is 4.72. The van der Waals surface area contributed by atoms with Crippen molar-refractivity contribution in [2.45, 2.75) is 23.2 Å². The summed E-state index contributed by atoms with van der Waals surface area (Å²) in [6, 6.07) is 4.30. The van der Waals surface area contributed by atoms with Crippen LogP contribution in [0.15, 0.2) is 66.2 Å². The van der Waals surface area contributed by atoms with Gasteiger partial charge in [0.25, 0.3) is 0 Å². The summed E-state index contributed by atoms with van der Waals surface area (Å²) >= 11 is 1.37. The molecule has 2 aliphatic heterocycles. The summed E-state index contributed by atoms with van der Waals surface area (Å²) in [6.07, 6.45) is -2.71. The van der Waals surface area contributed by atoms with E-state index in [-0.39, 0.29) is 28.5 Å². The molecule has 4 rings (SSSR count). The van der Waals surface area contributed by atoms with Crippen molar-refractivity contribution in [3.05, 3.63) is 83.0 Å². The quantitative estimate of drug-likeness (QED) is 0.463. The van der Waals surface area contributed by atoms with Crippen LogP contribution in [0.2, 0.25) is 4.71 Å². The zero-order valence-electron chi connectivity index (χ0n) is 17.7. The number of fused-ring (bicyclic) bond motifs is 1. The van der Waals surface area contributed by atoms with E-state index in [0.717, 1.165) is 23.9 Å². The van der Waals surface area contributed by atoms with Crippen molar-refractivity contribution in [3.8, 4) is 0 Å². The molecule has 0 amide bonds. The maximum absolute atomic E-state index is 13.6. The van der Waals surface area contributed by atoms with Crippen LogP contribution in [0.1, 0.15) is 16.8 Å². The number of nitrogens with zero attached hydrogens (tertiary/aromatic N) is 3. The molecular weight excluding hydrogens is 525 g/mol. The predicted octanol–water partition coefficient (Wildman–Crippen LogP) is 4.18.